The molecule has 4 nitrogen and oxygen atoms in total. The first-order chi connectivity index (χ1) is 7.27. The highest BCUT2D eigenvalue weighted by atomic mass is 16.5. The molecule has 4 heteroatoms. The average molecular weight is 202 g/mol. The van der Waals surface area contributed by atoms with Crippen LogP contribution >= 0.6 is 0 Å². The molecule has 1 aromatic carbocycles. The number of hydrogen-bond acceptors (Lipinski definition) is 3. The number of benzene rings is 1. The van der Waals surface area contributed by atoms with Crippen LogP contribution < -0.4 is 10.3 Å². The molecule has 0 amide bonds. The fourth-order valence-electron chi connectivity index (χ4n) is 2.01. The Labute approximate surface area is 86.1 Å². The molecule has 0 atom stereocenters. The Morgan fingerprint density at radius 2 is 2.33 bits per heavy atom. The third-order valence-electron chi connectivity index (χ3n) is 2.71. The first-order valence-corrected chi connectivity index (χ1v) is 4.89. The van der Waals surface area contributed by atoms with Crippen LogP contribution in [0.25, 0.3) is 10.8 Å². The Kier molecular flexibility index (Phi) is 1.59. The fraction of sp³-hybridized carbons (Fsp3) is 0.273. The molecule has 0 fully saturated rings. The molecule has 0 saturated carbocycles. The minimum absolute atomic E-state index is 0.0684. The van der Waals surface area contributed by atoms with Gasteiger partial charge in [-0.3, -0.25) is 4.79 Å². The van der Waals surface area contributed by atoms with Gasteiger partial charge >= 0.3 is 0 Å². The minimum atomic E-state index is -0.0684. The molecule has 0 aliphatic carbocycles. The number of aryl methyl sites for hydroxylation is 1. The molecule has 0 bridgehead atoms. The predicted molar refractivity (Wildman–Crippen MR) is 56.2 cm³/mol. The SMILES string of the molecule is Cn1nc2c3c(cccc3c1=O)OCC2. The highest BCUT2D eigenvalue weighted by Crippen LogP contribution is 2.29. The number of nitrogens with zero attached hydrogens (tertiary/aromatic N) is 2. The summed E-state index contributed by atoms with van der Waals surface area (Å²) in [5, 5.41) is 5.83. The van der Waals surface area contributed by atoms with Crippen molar-refractivity contribution in [2.24, 2.45) is 7.05 Å². The van der Waals surface area contributed by atoms with Gasteiger partial charge in [0, 0.05) is 13.5 Å². The van der Waals surface area contributed by atoms with Gasteiger partial charge in [0.2, 0.25) is 0 Å². The summed E-state index contributed by atoms with van der Waals surface area (Å²) in [5.74, 6) is 0.777. The lowest BCUT2D eigenvalue weighted by Gasteiger charge is -2.17. The van der Waals surface area contributed by atoms with E-state index in [1.807, 2.05) is 18.2 Å². The van der Waals surface area contributed by atoms with Gasteiger partial charge in [-0.05, 0) is 12.1 Å². The lowest BCUT2D eigenvalue weighted by atomic mass is 10.1. The van der Waals surface area contributed by atoms with E-state index in [9.17, 15) is 4.79 Å². The van der Waals surface area contributed by atoms with E-state index in [2.05, 4.69) is 5.10 Å². The summed E-state index contributed by atoms with van der Waals surface area (Å²) in [7, 11) is 1.68. The summed E-state index contributed by atoms with van der Waals surface area (Å²) in [4.78, 5) is 11.8. The van der Waals surface area contributed by atoms with Crippen LogP contribution in [0.3, 0.4) is 0 Å². The first kappa shape index (κ1) is 8.47. The molecule has 0 spiro atoms. The summed E-state index contributed by atoms with van der Waals surface area (Å²) in [6.45, 7) is 0.636. The van der Waals surface area contributed by atoms with Gasteiger partial charge in [0.05, 0.1) is 23.1 Å². The van der Waals surface area contributed by atoms with Gasteiger partial charge in [0.15, 0.2) is 0 Å². The van der Waals surface area contributed by atoms with Crippen LogP contribution in [-0.2, 0) is 13.5 Å². The quantitative estimate of drug-likeness (QED) is 0.636. The summed E-state index contributed by atoms with van der Waals surface area (Å²) in [6.07, 6.45) is 0.766. The zero-order chi connectivity index (χ0) is 10.4. The molecule has 76 valence electrons. The molecular weight excluding hydrogens is 192 g/mol. The smallest absolute Gasteiger partial charge is 0.274 e. The maximum absolute atomic E-state index is 11.8. The number of hydrogen-bond donors (Lipinski definition) is 0. The molecule has 1 aliphatic heterocycles. The highest BCUT2D eigenvalue weighted by Gasteiger charge is 2.17. The molecule has 0 radical (unpaired) electrons. The van der Waals surface area contributed by atoms with E-state index in [0.29, 0.717) is 12.0 Å². The van der Waals surface area contributed by atoms with E-state index < -0.39 is 0 Å². The lowest BCUT2D eigenvalue weighted by molar-refractivity contribution is 0.314. The summed E-state index contributed by atoms with van der Waals surface area (Å²) >= 11 is 0. The van der Waals surface area contributed by atoms with Crippen LogP contribution in [0.5, 0.6) is 5.75 Å². The van der Waals surface area contributed by atoms with Crippen LogP contribution in [0.4, 0.5) is 0 Å². The van der Waals surface area contributed by atoms with E-state index in [1.165, 1.54) is 4.68 Å². The Morgan fingerprint density at radius 1 is 1.47 bits per heavy atom. The second-order valence-corrected chi connectivity index (χ2v) is 3.65. The van der Waals surface area contributed by atoms with Crippen molar-refractivity contribution in [3.8, 4) is 5.75 Å². The normalized spacial score (nSPS) is 13.9. The van der Waals surface area contributed by atoms with E-state index in [1.54, 1.807) is 7.05 Å². The number of rotatable bonds is 0. The monoisotopic (exact) mass is 202 g/mol. The van der Waals surface area contributed by atoms with Crippen LogP contribution in [0.1, 0.15) is 5.69 Å². The third-order valence-corrected chi connectivity index (χ3v) is 2.71. The van der Waals surface area contributed by atoms with Gasteiger partial charge < -0.3 is 4.74 Å². The molecular formula is C11H10N2O2. The van der Waals surface area contributed by atoms with Gasteiger partial charge in [0.1, 0.15) is 5.75 Å². The van der Waals surface area contributed by atoms with E-state index in [0.717, 1.165) is 23.3 Å². The van der Waals surface area contributed by atoms with E-state index in [-0.39, 0.29) is 5.56 Å². The molecule has 1 aliphatic rings. The Morgan fingerprint density at radius 3 is 3.20 bits per heavy atom. The van der Waals surface area contributed by atoms with Crippen LogP contribution in [0.15, 0.2) is 23.0 Å². The standard InChI is InChI=1S/C11H10N2O2/c1-13-11(14)7-3-2-4-9-10(7)8(12-13)5-6-15-9/h2-4H,5-6H2,1H3. The topological polar surface area (TPSA) is 44.1 Å². The Hall–Kier alpha value is -1.84. The van der Waals surface area contributed by atoms with Crippen molar-refractivity contribution in [2.75, 3.05) is 6.61 Å². The van der Waals surface area contributed by atoms with Gasteiger partial charge in [-0.15, -0.1) is 0 Å². The molecule has 1 aromatic heterocycles. The van der Waals surface area contributed by atoms with Gasteiger partial charge in [0.25, 0.3) is 5.56 Å². The number of ether oxygens (including phenoxy) is 1. The fourth-order valence-corrected chi connectivity index (χ4v) is 2.01. The van der Waals surface area contributed by atoms with Crippen molar-refractivity contribution in [3.05, 3.63) is 34.2 Å². The molecule has 3 rings (SSSR count). The zero-order valence-electron chi connectivity index (χ0n) is 8.36. The largest absolute Gasteiger partial charge is 0.492 e. The van der Waals surface area contributed by atoms with Gasteiger partial charge in [-0.1, -0.05) is 6.07 Å². The third kappa shape index (κ3) is 1.08. The van der Waals surface area contributed by atoms with E-state index in [4.69, 9.17) is 4.74 Å². The van der Waals surface area contributed by atoms with Crippen LogP contribution in [0, 0.1) is 0 Å². The highest BCUT2D eigenvalue weighted by molar-refractivity contribution is 5.90. The minimum Gasteiger partial charge on any atom is -0.492 e. The summed E-state index contributed by atoms with van der Waals surface area (Å²) in [6, 6.07) is 5.54. The summed E-state index contributed by atoms with van der Waals surface area (Å²) < 4.78 is 6.90. The van der Waals surface area contributed by atoms with Crippen LogP contribution in [0.2, 0.25) is 0 Å². The molecule has 2 aromatic rings. The average Bonchev–Trinajstić information content (AvgIpc) is 2.26. The van der Waals surface area contributed by atoms with Gasteiger partial charge in [-0.25, -0.2) is 4.68 Å². The molecule has 2 heterocycles. The second kappa shape index (κ2) is 2.82. The molecule has 15 heavy (non-hydrogen) atoms. The zero-order valence-corrected chi connectivity index (χ0v) is 8.36. The lowest BCUT2D eigenvalue weighted by Crippen LogP contribution is -2.24. The van der Waals surface area contributed by atoms with Crippen molar-refractivity contribution in [1.82, 2.24) is 9.78 Å². The number of aromatic nitrogens is 2. The van der Waals surface area contributed by atoms with Crippen molar-refractivity contribution in [3.63, 3.8) is 0 Å². The van der Waals surface area contributed by atoms with Gasteiger partial charge in [-0.2, -0.15) is 5.10 Å². The van der Waals surface area contributed by atoms with Crippen LogP contribution in [-0.4, -0.2) is 16.4 Å². The molecule has 0 saturated heterocycles. The van der Waals surface area contributed by atoms with Crippen molar-refractivity contribution in [2.45, 2.75) is 6.42 Å². The summed E-state index contributed by atoms with van der Waals surface area (Å²) in [5.41, 5.74) is 0.884. The first-order valence-electron chi connectivity index (χ1n) is 4.89. The Bertz CT molecular complexity index is 601. The van der Waals surface area contributed by atoms with Crippen molar-refractivity contribution in [1.29, 1.82) is 0 Å². The van der Waals surface area contributed by atoms with E-state index >= 15 is 0 Å². The molecule has 0 N–H and O–H groups in total. The Balaban J connectivity index is 2.58. The maximum atomic E-state index is 11.8. The predicted octanol–water partition coefficient (Wildman–Crippen LogP) is 0.868. The maximum Gasteiger partial charge on any atom is 0.274 e. The second-order valence-electron chi connectivity index (χ2n) is 3.65. The molecule has 0 unspecified atom stereocenters. The van der Waals surface area contributed by atoms with Crippen molar-refractivity contribution < 1.29 is 4.74 Å². The van der Waals surface area contributed by atoms with Crippen molar-refractivity contribution >= 4 is 10.8 Å².